The lowest BCUT2D eigenvalue weighted by Crippen LogP contribution is -2.27. The highest BCUT2D eigenvalue weighted by atomic mass is 32.2. The van der Waals surface area contributed by atoms with Crippen molar-refractivity contribution in [3.63, 3.8) is 0 Å². The van der Waals surface area contributed by atoms with E-state index in [9.17, 15) is 13.2 Å². The molecule has 0 spiro atoms. The second-order valence-corrected chi connectivity index (χ2v) is 5.29. The molecule has 1 unspecified atom stereocenters. The molecule has 7 nitrogen and oxygen atoms in total. The maximum absolute atomic E-state index is 11.2. The molecule has 0 aliphatic heterocycles. The van der Waals surface area contributed by atoms with Gasteiger partial charge in [0.2, 0.25) is 10.0 Å². The average Bonchev–Trinajstić information content (AvgIpc) is 2.25. The van der Waals surface area contributed by atoms with E-state index in [1.54, 1.807) is 6.92 Å². The highest BCUT2D eigenvalue weighted by Gasteiger charge is 2.15. The third-order valence-electron chi connectivity index (χ3n) is 2.20. The van der Waals surface area contributed by atoms with Crippen LogP contribution in [0.2, 0.25) is 0 Å². The van der Waals surface area contributed by atoms with E-state index in [0.29, 0.717) is 5.69 Å². The summed E-state index contributed by atoms with van der Waals surface area (Å²) in [6, 6.07) is 3.40. The second-order valence-electron chi connectivity index (χ2n) is 3.72. The van der Waals surface area contributed by atoms with Crippen LogP contribution in [0.4, 0.5) is 11.4 Å². The van der Waals surface area contributed by atoms with Crippen molar-refractivity contribution in [2.24, 2.45) is 5.14 Å². The molecule has 1 atom stereocenters. The van der Waals surface area contributed by atoms with Crippen LogP contribution in [0.1, 0.15) is 6.92 Å². The van der Waals surface area contributed by atoms with Crippen molar-refractivity contribution in [1.82, 2.24) is 0 Å². The molecule has 100 valence electrons. The summed E-state index contributed by atoms with van der Waals surface area (Å²) >= 11 is 0. The molecule has 8 heteroatoms. The number of benzene rings is 1. The van der Waals surface area contributed by atoms with Crippen LogP contribution in [0.3, 0.4) is 0 Å². The minimum atomic E-state index is -3.85. The van der Waals surface area contributed by atoms with Gasteiger partial charge < -0.3 is 15.8 Å². The van der Waals surface area contributed by atoms with Gasteiger partial charge in [-0.25, -0.2) is 18.4 Å². The zero-order valence-corrected chi connectivity index (χ0v) is 10.8. The van der Waals surface area contributed by atoms with E-state index in [1.165, 1.54) is 25.3 Å². The summed E-state index contributed by atoms with van der Waals surface area (Å²) in [4.78, 5) is 11.1. The molecule has 0 radical (unpaired) electrons. The maximum Gasteiger partial charge on any atom is 0.327 e. The Morgan fingerprint density at radius 3 is 2.50 bits per heavy atom. The minimum Gasteiger partial charge on any atom is -0.467 e. The largest absolute Gasteiger partial charge is 0.467 e. The summed E-state index contributed by atoms with van der Waals surface area (Å²) < 4.78 is 27.0. The number of ether oxygens (including phenoxy) is 1. The Hall–Kier alpha value is -1.80. The number of carbonyl (C=O) groups is 1. The number of nitrogens with one attached hydrogen (secondary N) is 1. The smallest absolute Gasteiger partial charge is 0.327 e. The topological polar surface area (TPSA) is 125 Å². The monoisotopic (exact) mass is 273 g/mol. The van der Waals surface area contributed by atoms with Crippen molar-refractivity contribution < 1.29 is 17.9 Å². The number of primary sulfonamides is 1. The predicted molar refractivity (Wildman–Crippen MR) is 67.3 cm³/mol. The molecule has 0 saturated heterocycles. The van der Waals surface area contributed by atoms with E-state index in [4.69, 9.17) is 10.9 Å². The van der Waals surface area contributed by atoms with Crippen molar-refractivity contribution in [2.75, 3.05) is 18.2 Å². The van der Waals surface area contributed by atoms with Gasteiger partial charge in [0.1, 0.15) is 6.04 Å². The molecule has 1 aromatic carbocycles. The lowest BCUT2D eigenvalue weighted by Gasteiger charge is -2.14. The summed E-state index contributed by atoms with van der Waals surface area (Å²) in [5.41, 5.74) is 6.16. The molecule has 5 N–H and O–H groups in total. The number of nitrogens with two attached hydrogens (primary N) is 2. The van der Waals surface area contributed by atoms with Crippen molar-refractivity contribution in [1.29, 1.82) is 0 Å². The average molecular weight is 273 g/mol. The van der Waals surface area contributed by atoms with Crippen molar-refractivity contribution in [3.8, 4) is 0 Å². The summed E-state index contributed by atoms with van der Waals surface area (Å²) in [7, 11) is -2.59. The Morgan fingerprint density at radius 2 is 2.00 bits per heavy atom. The fourth-order valence-electron chi connectivity index (χ4n) is 1.36. The molecule has 0 amide bonds. The lowest BCUT2D eigenvalue weighted by molar-refractivity contribution is -0.141. The Bertz CT molecular complexity index is 556. The van der Waals surface area contributed by atoms with Gasteiger partial charge >= 0.3 is 5.97 Å². The van der Waals surface area contributed by atoms with Gasteiger partial charge in [-0.15, -0.1) is 0 Å². The van der Waals surface area contributed by atoms with E-state index in [-0.39, 0.29) is 10.6 Å². The molecule has 0 aliphatic carbocycles. The van der Waals surface area contributed by atoms with E-state index in [1.807, 2.05) is 0 Å². The number of methoxy groups -OCH3 is 1. The Morgan fingerprint density at radius 1 is 1.39 bits per heavy atom. The van der Waals surface area contributed by atoms with Gasteiger partial charge in [-0.1, -0.05) is 0 Å². The van der Waals surface area contributed by atoms with Crippen LogP contribution in [0, 0.1) is 0 Å². The molecule has 0 aliphatic rings. The molecule has 0 heterocycles. The van der Waals surface area contributed by atoms with Gasteiger partial charge in [-0.05, 0) is 25.1 Å². The van der Waals surface area contributed by atoms with Gasteiger partial charge in [0.25, 0.3) is 0 Å². The van der Waals surface area contributed by atoms with Gasteiger partial charge in [-0.2, -0.15) is 0 Å². The van der Waals surface area contributed by atoms with E-state index < -0.39 is 22.0 Å². The van der Waals surface area contributed by atoms with Gasteiger partial charge in [0, 0.05) is 11.4 Å². The molecule has 18 heavy (non-hydrogen) atoms. The minimum absolute atomic E-state index is 0.123. The van der Waals surface area contributed by atoms with Gasteiger partial charge in [0.05, 0.1) is 12.0 Å². The SMILES string of the molecule is COC(=O)C(C)Nc1cc(N)cc(S(N)(=O)=O)c1. The third-order valence-corrected chi connectivity index (χ3v) is 3.09. The van der Waals surface area contributed by atoms with Gasteiger partial charge in [-0.3, -0.25) is 0 Å². The first-order chi connectivity index (χ1) is 8.24. The number of carbonyl (C=O) groups excluding carboxylic acids is 1. The highest BCUT2D eigenvalue weighted by molar-refractivity contribution is 7.89. The molecular formula is C10H15N3O4S. The lowest BCUT2D eigenvalue weighted by atomic mass is 10.2. The maximum atomic E-state index is 11.2. The predicted octanol–water partition coefficient (Wildman–Crippen LogP) is -0.110. The fraction of sp³-hybridized carbons (Fsp3) is 0.300. The Balaban J connectivity index is 3.04. The second kappa shape index (κ2) is 5.23. The van der Waals surface area contributed by atoms with Crippen LogP contribution in [0.25, 0.3) is 0 Å². The number of rotatable bonds is 4. The fourth-order valence-corrected chi connectivity index (χ4v) is 1.95. The van der Waals surface area contributed by atoms with Crippen LogP contribution < -0.4 is 16.2 Å². The zero-order valence-electron chi connectivity index (χ0n) is 10.0. The van der Waals surface area contributed by atoms with Crippen LogP contribution in [-0.4, -0.2) is 27.5 Å². The number of nitrogen functional groups attached to an aromatic ring is 1. The number of anilines is 2. The first-order valence-electron chi connectivity index (χ1n) is 5.02. The zero-order chi connectivity index (χ0) is 13.9. The summed E-state index contributed by atoms with van der Waals surface area (Å²) in [5, 5.41) is 7.78. The summed E-state index contributed by atoms with van der Waals surface area (Å²) in [5.74, 6) is -0.477. The molecule has 1 aromatic rings. The summed E-state index contributed by atoms with van der Waals surface area (Å²) in [6.45, 7) is 1.58. The molecular weight excluding hydrogens is 258 g/mol. The molecule has 0 bridgehead atoms. The van der Waals surface area contributed by atoms with Crippen LogP contribution in [0.15, 0.2) is 23.1 Å². The van der Waals surface area contributed by atoms with Crippen LogP contribution in [-0.2, 0) is 19.6 Å². The van der Waals surface area contributed by atoms with Crippen LogP contribution >= 0.6 is 0 Å². The highest BCUT2D eigenvalue weighted by Crippen LogP contribution is 2.20. The third kappa shape index (κ3) is 3.60. The Kier molecular flexibility index (Phi) is 4.15. The number of esters is 1. The van der Waals surface area contributed by atoms with Crippen molar-refractivity contribution in [2.45, 2.75) is 17.9 Å². The van der Waals surface area contributed by atoms with Gasteiger partial charge in [0.15, 0.2) is 0 Å². The van der Waals surface area contributed by atoms with E-state index in [2.05, 4.69) is 10.1 Å². The first-order valence-corrected chi connectivity index (χ1v) is 6.56. The molecule has 0 fully saturated rings. The quantitative estimate of drug-likeness (QED) is 0.519. The van der Waals surface area contributed by atoms with E-state index in [0.717, 1.165) is 0 Å². The summed E-state index contributed by atoms with van der Waals surface area (Å²) in [6.07, 6.45) is 0. The number of hydrogen-bond acceptors (Lipinski definition) is 6. The standard InChI is InChI=1S/C10H15N3O4S/c1-6(10(14)17-2)13-8-3-7(11)4-9(5-8)18(12,15)16/h3-6,13H,11H2,1-2H3,(H2,12,15,16). The van der Waals surface area contributed by atoms with Crippen LogP contribution in [0.5, 0.6) is 0 Å². The first kappa shape index (κ1) is 14.3. The van der Waals surface area contributed by atoms with E-state index >= 15 is 0 Å². The number of sulfonamides is 1. The molecule has 0 saturated carbocycles. The normalized spacial score (nSPS) is 12.8. The van der Waals surface area contributed by atoms with Crippen molar-refractivity contribution >= 4 is 27.4 Å². The molecule has 1 rings (SSSR count). The van der Waals surface area contributed by atoms with Crippen molar-refractivity contribution in [3.05, 3.63) is 18.2 Å². The Labute approximate surface area is 105 Å². The number of hydrogen-bond donors (Lipinski definition) is 3. The molecule has 0 aromatic heterocycles.